The molecule has 0 bridgehead atoms. The highest BCUT2D eigenvalue weighted by Gasteiger charge is 2.16. The predicted molar refractivity (Wildman–Crippen MR) is 94.9 cm³/mol. The summed E-state index contributed by atoms with van der Waals surface area (Å²) in [6, 6.07) is 4.49. The number of likely N-dealkylation sites (tertiary alicyclic amines) is 1. The molecule has 0 unspecified atom stereocenters. The lowest BCUT2D eigenvalue weighted by Gasteiger charge is -2.26. The van der Waals surface area contributed by atoms with Gasteiger partial charge in [-0.1, -0.05) is 11.8 Å². The summed E-state index contributed by atoms with van der Waals surface area (Å²) in [7, 11) is 0. The molecule has 0 spiro atoms. The number of aromatic amines is 1. The van der Waals surface area contributed by atoms with Gasteiger partial charge in [-0.15, -0.1) is 10.2 Å². The van der Waals surface area contributed by atoms with Crippen molar-refractivity contribution in [2.24, 2.45) is 0 Å². The van der Waals surface area contributed by atoms with Crippen LogP contribution in [-0.2, 0) is 4.79 Å². The van der Waals surface area contributed by atoms with Crippen LogP contribution in [0.25, 0.3) is 22.1 Å². The summed E-state index contributed by atoms with van der Waals surface area (Å²) < 4.78 is 13.4. The van der Waals surface area contributed by atoms with Gasteiger partial charge in [0.25, 0.3) is 0 Å². The van der Waals surface area contributed by atoms with Crippen LogP contribution < -0.4 is 0 Å². The van der Waals surface area contributed by atoms with Crippen LogP contribution in [0.4, 0.5) is 4.39 Å². The number of amides is 1. The van der Waals surface area contributed by atoms with E-state index in [1.165, 1.54) is 30.3 Å². The normalized spacial score (nSPS) is 15.2. The van der Waals surface area contributed by atoms with E-state index in [2.05, 4.69) is 20.2 Å². The molecule has 130 valence electrons. The Labute approximate surface area is 148 Å². The fourth-order valence-corrected chi connectivity index (χ4v) is 3.83. The first-order valence-electron chi connectivity index (χ1n) is 8.43. The molecular formula is C17H18FN5OS. The molecule has 0 atom stereocenters. The first-order valence-corrected chi connectivity index (χ1v) is 9.41. The molecule has 1 aliphatic rings. The van der Waals surface area contributed by atoms with Gasteiger partial charge >= 0.3 is 0 Å². The van der Waals surface area contributed by atoms with Crippen LogP contribution in [0.1, 0.15) is 25.7 Å². The van der Waals surface area contributed by atoms with Crippen molar-refractivity contribution in [3.05, 3.63) is 24.0 Å². The van der Waals surface area contributed by atoms with Gasteiger partial charge in [0, 0.05) is 36.2 Å². The number of hydrogen-bond donors (Lipinski definition) is 1. The van der Waals surface area contributed by atoms with Crippen LogP contribution in [-0.4, -0.2) is 49.8 Å². The number of thioether (sulfide) groups is 1. The van der Waals surface area contributed by atoms with Crippen molar-refractivity contribution >= 4 is 39.7 Å². The Morgan fingerprint density at radius 3 is 2.92 bits per heavy atom. The Bertz CT molecular complexity index is 922. The van der Waals surface area contributed by atoms with Gasteiger partial charge in [0.1, 0.15) is 11.3 Å². The molecule has 6 nitrogen and oxygen atoms in total. The van der Waals surface area contributed by atoms with Crippen molar-refractivity contribution in [1.82, 2.24) is 25.1 Å². The average molecular weight is 359 g/mol. The lowest BCUT2D eigenvalue weighted by molar-refractivity contribution is -0.131. The average Bonchev–Trinajstić information content (AvgIpc) is 2.99. The van der Waals surface area contributed by atoms with Gasteiger partial charge in [0.05, 0.1) is 0 Å². The second-order valence-corrected chi connectivity index (χ2v) is 7.21. The molecular weight excluding hydrogens is 341 g/mol. The molecule has 0 saturated carbocycles. The smallest absolute Gasteiger partial charge is 0.223 e. The first kappa shape index (κ1) is 16.3. The quantitative estimate of drug-likeness (QED) is 0.725. The van der Waals surface area contributed by atoms with Crippen molar-refractivity contribution in [3.8, 4) is 0 Å². The van der Waals surface area contributed by atoms with Gasteiger partial charge in [-0.2, -0.15) is 0 Å². The molecule has 0 radical (unpaired) electrons. The molecule has 8 heteroatoms. The summed E-state index contributed by atoms with van der Waals surface area (Å²) >= 11 is 1.41. The van der Waals surface area contributed by atoms with Gasteiger partial charge in [-0.25, -0.2) is 9.37 Å². The van der Waals surface area contributed by atoms with E-state index in [1.807, 2.05) is 4.90 Å². The van der Waals surface area contributed by atoms with Crippen molar-refractivity contribution in [2.75, 3.05) is 18.8 Å². The summed E-state index contributed by atoms with van der Waals surface area (Å²) in [6.07, 6.45) is 3.89. The van der Waals surface area contributed by atoms with E-state index < -0.39 is 0 Å². The third-order valence-electron chi connectivity index (χ3n) is 4.41. The summed E-state index contributed by atoms with van der Waals surface area (Å²) in [4.78, 5) is 21.7. The number of nitrogens with zero attached hydrogens (tertiary/aromatic N) is 4. The summed E-state index contributed by atoms with van der Waals surface area (Å²) in [6.45, 7) is 1.75. The molecule has 1 N–H and O–H groups in total. The number of aromatic nitrogens is 4. The summed E-state index contributed by atoms with van der Waals surface area (Å²) in [5.41, 5.74) is 1.92. The number of halogens is 1. The highest BCUT2D eigenvalue weighted by Crippen LogP contribution is 2.24. The van der Waals surface area contributed by atoms with E-state index >= 15 is 0 Å². The van der Waals surface area contributed by atoms with E-state index in [0.717, 1.165) is 31.4 Å². The molecule has 3 heterocycles. The predicted octanol–water partition coefficient (Wildman–Crippen LogP) is 3.14. The van der Waals surface area contributed by atoms with E-state index in [9.17, 15) is 9.18 Å². The van der Waals surface area contributed by atoms with Gasteiger partial charge in [0.2, 0.25) is 11.1 Å². The number of nitrogens with one attached hydrogen (secondary N) is 1. The summed E-state index contributed by atoms with van der Waals surface area (Å²) in [5.74, 6) is 0.504. The van der Waals surface area contributed by atoms with E-state index in [1.54, 1.807) is 6.07 Å². The fraction of sp³-hybridized carbons (Fsp3) is 0.412. The maximum Gasteiger partial charge on any atom is 0.223 e. The van der Waals surface area contributed by atoms with Gasteiger partial charge in [0.15, 0.2) is 5.65 Å². The van der Waals surface area contributed by atoms with Crippen molar-refractivity contribution in [2.45, 2.75) is 30.8 Å². The number of hydrogen-bond acceptors (Lipinski definition) is 5. The number of rotatable bonds is 4. The molecule has 25 heavy (non-hydrogen) atoms. The Balaban J connectivity index is 1.43. The van der Waals surface area contributed by atoms with Crippen LogP contribution in [0.15, 0.2) is 23.4 Å². The number of benzene rings is 1. The molecule has 1 aromatic carbocycles. The zero-order valence-electron chi connectivity index (χ0n) is 13.7. The number of piperidine rings is 1. The first-order chi connectivity index (χ1) is 12.2. The lowest BCUT2D eigenvalue weighted by Crippen LogP contribution is -2.35. The van der Waals surface area contributed by atoms with Crippen molar-refractivity contribution < 1.29 is 9.18 Å². The maximum absolute atomic E-state index is 13.4. The molecule has 2 aromatic heterocycles. The molecule has 1 amide bonds. The molecule has 1 aliphatic heterocycles. The van der Waals surface area contributed by atoms with Gasteiger partial charge < -0.3 is 9.88 Å². The zero-order chi connectivity index (χ0) is 17.2. The summed E-state index contributed by atoms with van der Waals surface area (Å²) in [5, 5.41) is 9.47. The van der Waals surface area contributed by atoms with Crippen molar-refractivity contribution in [3.63, 3.8) is 0 Å². The molecule has 1 saturated heterocycles. The van der Waals surface area contributed by atoms with E-state index in [4.69, 9.17) is 0 Å². The lowest BCUT2D eigenvalue weighted by atomic mass is 10.1. The van der Waals surface area contributed by atoms with Crippen LogP contribution in [0.2, 0.25) is 0 Å². The Morgan fingerprint density at radius 1 is 1.24 bits per heavy atom. The minimum Gasteiger partial charge on any atom is -0.343 e. The fourth-order valence-electron chi connectivity index (χ4n) is 3.12. The molecule has 0 aliphatic carbocycles. The van der Waals surface area contributed by atoms with Crippen LogP contribution >= 0.6 is 11.8 Å². The number of H-pyrrole nitrogens is 1. The van der Waals surface area contributed by atoms with Crippen LogP contribution in [0.5, 0.6) is 0 Å². The second kappa shape index (κ2) is 6.95. The molecule has 4 rings (SSSR count). The van der Waals surface area contributed by atoms with E-state index in [0.29, 0.717) is 33.9 Å². The Kier molecular flexibility index (Phi) is 4.52. The number of fused-ring (bicyclic) bond motifs is 3. The highest BCUT2D eigenvalue weighted by atomic mass is 32.2. The third kappa shape index (κ3) is 3.44. The number of carbonyl (C=O) groups excluding carboxylic acids is 1. The van der Waals surface area contributed by atoms with Gasteiger partial charge in [-0.3, -0.25) is 4.79 Å². The minimum absolute atomic E-state index is 0.197. The Hall–Kier alpha value is -2.22. The standard InChI is InChI=1S/C17H18FN5OS/c18-11-4-5-13-12(10-11)15-16(19-13)20-17(22-21-15)25-9-6-14(24)23-7-2-1-3-8-23/h4-5,10H,1-3,6-9H2,(H,19,20,22). The van der Waals surface area contributed by atoms with Crippen molar-refractivity contribution in [1.29, 1.82) is 0 Å². The zero-order valence-corrected chi connectivity index (χ0v) is 14.5. The molecule has 3 aromatic rings. The third-order valence-corrected chi connectivity index (χ3v) is 5.25. The van der Waals surface area contributed by atoms with Crippen LogP contribution in [0, 0.1) is 5.82 Å². The SMILES string of the molecule is O=C(CCSc1nnc2c(n1)[nH]c1ccc(F)cc12)N1CCCCC1. The van der Waals surface area contributed by atoms with Crippen LogP contribution in [0.3, 0.4) is 0 Å². The Morgan fingerprint density at radius 2 is 2.08 bits per heavy atom. The van der Waals surface area contributed by atoms with E-state index in [-0.39, 0.29) is 11.7 Å². The second-order valence-electron chi connectivity index (χ2n) is 6.15. The maximum atomic E-state index is 13.4. The van der Waals surface area contributed by atoms with Gasteiger partial charge in [-0.05, 0) is 37.5 Å². The molecule has 1 fully saturated rings. The largest absolute Gasteiger partial charge is 0.343 e. The monoisotopic (exact) mass is 359 g/mol. The number of carbonyl (C=O) groups is 1. The highest BCUT2D eigenvalue weighted by molar-refractivity contribution is 7.99. The topological polar surface area (TPSA) is 74.8 Å². The minimum atomic E-state index is -0.315.